The highest BCUT2D eigenvalue weighted by Gasteiger charge is 2.29. The third-order valence-corrected chi connectivity index (χ3v) is 7.27. The summed E-state index contributed by atoms with van der Waals surface area (Å²) >= 11 is 0. The molecule has 0 unspecified atom stereocenters. The number of allylic oxidation sites excluding steroid dienone is 5. The molecule has 0 aromatic heterocycles. The van der Waals surface area contributed by atoms with Crippen LogP contribution in [-0.4, -0.2) is 46.7 Å². The number of cyclic esters (lactones) is 1. The van der Waals surface area contributed by atoms with Crippen molar-refractivity contribution < 1.29 is 29.3 Å². The van der Waals surface area contributed by atoms with Crippen molar-refractivity contribution in [3.8, 4) is 0 Å². The second-order valence-corrected chi connectivity index (χ2v) is 11.2. The van der Waals surface area contributed by atoms with Crippen LogP contribution < -0.4 is 5.73 Å². The first-order valence-electron chi connectivity index (χ1n) is 14.6. The van der Waals surface area contributed by atoms with Crippen molar-refractivity contribution in [2.75, 3.05) is 0 Å². The van der Waals surface area contributed by atoms with Gasteiger partial charge in [0, 0.05) is 0 Å². The molecule has 7 atom stereocenters. The monoisotopic (exact) mass is 535 g/mol. The maximum Gasteiger partial charge on any atom is 0.404 e. The molecule has 0 aliphatic carbocycles. The minimum absolute atomic E-state index is 0.0426. The van der Waals surface area contributed by atoms with Gasteiger partial charge < -0.3 is 25.4 Å². The molecule has 7 heteroatoms. The van der Waals surface area contributed by atoms with Crippen LogP contribution in [0.15, 0.2) is 36.0 Å². The third-order valence-electron chi connectivity index (χ3n) is 7.27. The van der Waals surface area contributed by atoms with Crippen molar-refractivity contribution >= 4 is 12.1 Å². The molecule has 7 nitrogen and oxygen atoms in total. The van der Waals surface area contributed by atoms with Crippen molar-refractivity contribution in [3.63, 3.8) is 0 Å². The summed E-state index contributed by atoms with van der Waals surface area (Å²) in [4.78, 5) is 24.4. The molecule has 0 saturated heterocycles. The largest absolute Gasteiger partial charge is 0.458 e. The van der Waals surface area contributed by atoms with Crippen LogP contribution in [0, 0.1) is 17.8 Å². The number of ether oxygens (including phenoxy) is 2. The van der Waals surface area contributed by atoms with Gasteiger partial charge in [-0.25, -0.2) is 4.79 Å². The molecular weight excluding hydrogens is 482 g/mol. The zero-order chi connectivity index (χ0) is 28.5. The van der Waals surface area contributed by atoms with E-state index in [0.29, 0.717) is 38.5 Å². The first kappa shape index (κ1) is 33.9. The first-order valence-corrected chi connectivity index (χ1v) is 14.6. The zero-order valence-electron chi connectivity index (χ0n) is 24.3. The topological polar surface area (TPSA) is 119 Å². The normalized spacial score (nSPS) is 32.2. The predicted molar refractivity (Wildman–Crippen MR) is 152 cm³/mol. The molecule has 1 amide bonds. The summed E-state index contributed by atoms with van der Waals surface area (Å²) in [5.74, 6) is -0.770. The molecule has 0 aromatic rings. The van der Waals surface area contributed by atoms with Gasteiger partial charge in [-0.3, -0.25) is 4.79 Å². The fourth-order valence-corrected chi connectivity index (χ4v) is 4.75. The van der Waals surface area contributed by atoms with Gasteiger partial charge in [0.05, 0.1) is 18.1 Å². The molecule has 1 heterocycles. The van der Waals surface area contributed by atoms with E-state index in [4.69, 9.17) is 15.2 Å². The van der Waals surface area contributed by atoms with Crippen molar-refractivity contribution in [1.82, 2.24) is 0 Å². The number of rotatable bonds is 7. The maximum atomic E-state index is 13.0. The molecule has 0 radical (unpaired) electrons. The molecule has 0 bridgehead atoms. The second kappa shape index (κ2) is 19.0. The van der Waals surface area contributed by atoms with E-state index in [-0.39, 0.29) is 17.9 Å². The highest BCUT2D eigenvalue weighted by molar-refractivity contribution is 5.73. The third kappa shape index (κ3) is 14.7. The summed E-state index contributed by atoms with van der Waals surface area (Å²) in [6, 6.07) is 0. The molecule has 218 valence electrons. The van der Waals surface area contributed by atoms with Crippen LogP contribution in [0.25, 0.3) is 0 Å². The Morgan fingerprint density at radius 2 is 1.82 bits per heavy atom. The van der Waals surface area contributed by atoms with Crippen LogP contribution in [0.2, 0.25) is 0 Å². The fourth-order valence-electron chi connectivity index (χ4n) is 4.75. The summed E-state index contributed by atoms with van der Waals surface area (Å²) in [5, 5.41) is 21.4. The molecule has 1 rings (SSSR count). The zero-order valence-corrected chi connectivity index (χ0v) is 24.3. The lowest BCUT2D eigenvalue weighted by Gasteiger charge is -2.26. The van der Waals surface area contributed by atoms with E-state index in [1.807, 2.05) is 26.0 Å². The van der Waals surface area contributed by atoms with Crippen molar-refractivity contribution in [2.24, 2.45) is 23.5 Å². The van der Waals surface area contributed by atoms with Gasteiger partial charge in [-0.1, -0.05) is 63.5 Å². The number of aliphatic hydroxyl groups excluding tert-OH is 2. The van der Waals surface area contributed by atoms with Crippen molar-refractivity contribution in [3.05, 3.63) is 36.0 Å². The van der Waals surface area contributed by atoms with Crippen molar-refractivity contribution in [2.45, 2.75) is 130 Å². The van der Waals surface area contributed by atoms with Crippen LogP contribution in [0.3, 0.4) is 0 Å². The highest BCUT2D eigenvalue weighted by Crippen LogP contribution is 2.24. The number of hydrogen-bond donors (Lipinski definition) is 3. The van der Waals surface area contributed by atoms with E-state index in [2.05, 4.69) is 32.1 Å². The van der Waals surface area contributed by atoms with Gasteiger partial charge in [0.1, 0.15) is 12.2 Å². The minimum Gasteiger partial charge on any atom is -0.458 e. The molecule has 38 heavy (non-hydrogen) atoms. The van der Waals surface area contributed by atoms with Crippen LogP contribution in [0.1, 0.15) is 105 Å². The Morgan fingerprint density at radius 3 is 2.50 bits per heavy atom. The number of aliphatic hydroxyl groups is 2. The molecule has 0 saturated carbocycles. The van der Waals surface area contributed by atoms with Gasteiger partial charge in [0.15, 0.2) is 0 Å². The van der Waals surface area contributed by atoms with Crippen LogP contribution in [-0.2, 0) is 14.3 Å². The van der Waals surface area contributed by atoms with Gasteiger partial charge in [0.25, 0.3) is 0 Å². The average Bonchev–Trinajstić information content (AvgIpc) is 2.84. The Hall–Kier alpha value is -2.12. The quantitative estimate of drug-likeness (QED) is 0.151. The van der Waals surface area contributed by atoms with E-state index in [1.165, 1.54) is 19.3 Å². The second-order valence-electron chi connectivity index (χ2n) is 11.2. The average molecular weight is 536 g/mol. The first-order chi connectivity index (χ1) is 18.0. The number of unbranched alkanes of at least 4 members (excludes halogenated alkanes) is 3. The fraction of sp³-hybridized carbons (Fsp3) is 0.742. The molecule has 1 aliphatic rings. The molecule has 0 spiro atoms. The number of primary amides is 1. The number of amides is 1. The van der Waals surface area contributed by atoms with Gasteiger partial charge in [-0.15, -0.1) is 0 Å². The van der Waals surface area contributed by atoms with Crippen LogP contribution in [0.5, 0.6) is 0 Å². The van der Waals surface area contributed by atoms with Gasteiger partial charge in [-0.05, 0) is 89.5 Å². The predicted octanol–water partition coefficient (Wildman–Crippen LogP) is 6.38. The minimum atomic E-state index is -0.907. The lowest BCUT2D eigenvalue weighted by Crippen LogP contribution is -2.34. The van der Waals surface area contributed by atoms with E-state index in [9.17, 15) is 19.8 Å². The Labute approximate surface area is 230 Å². The number of carbonyl (C=O) groups is 2. The summed E-state index contributed by atoms with van der Waals surface area (Å²) in [6.07, 6.45) is 15.4. The van der Waals surface area contributed by atoms with Gasteiger partial charge in [-0.2, -0.15) is 0 Å². The summed E-state index contributed by atoms with van der Waals surface area (Å²) < 4.78 is 11.1. The smallest absolute Gasteiger partial charge is 0.404 e. The number of nitrogens with two attached hydrogens (primary N) is 1. The van der Waals surface area contributed by atoms with Crippen LogP contribution in [0.4, 0.5) is 4.79 Å². The van der Waals surface area contributed by atoms with E-state index in [1.54, 1.807) is 6.92 Å². The molecule has 0 fully saturated rings. The standard InChI is InChI=1S/C31H53NO6/c1-6-7-8-9-11-14-22(2)19-26-20-23(3)15-12-10-13-16-27(33)29(38-31(32)36)18-17-24(4)21-28(34)25(5)30(35)37-26/h10-12,14,19,23-29,33-34H,6-9,13,15-18,20-21H2,1-5H3,(H2,32,36)/b12-10+,14-11+,22-19+/t23-,24+,25+,26-,27-,28-,29-/m1/s1. The highest BCUT2D eigenvalue weighted by atomic mass is 16.6. The Kier molecular flexibility index (Phi) is 17.0. The molecular formula is C31H53NO6. The Morgan fingerprint density at radius 1 is 1.08 bits per heavy atom. The molecule has 0 aromatic carbocycles. The Bertz CT molecular complexity index is 776. The number of carbonyl (C=O) groups excluding carboxylic acids is 2. The SMILES string of the molecule is CCCCC/C=C/C(C)=C/[C@@H]1C[C@H](C)C/C=C/CC[C@@H](O)[C@H](OC(N)=O)CC[C@H](C)C[C@@H](O)[C@H](C)C(=O)O1. The summed E-state index contributed by atoms with van der Waals surface area (Å²) in [6.45, 7) is 10.0. The van der Waals surface area contributed by atoms with Crippen LogP contribution >= 0.6 is 0 Å². The van der Waals surface area contributed by atoms with E-state index < -0.39 is 36.3 Å². The summed E-state index contributed by atoms with van der Waals surface area (Å²) in [5.41, 5.74) is 6.28. The van der Waals surface area contributed by atoms with Crippen molar-refractivity contribution in [1.29, 1.82) is 0 Å². The maximum absolute atomic E-state index is 13.0. The van der Waals surface area contributed by atoms with Gasteiger partial charge >= 0.3 is 12.1 Å². The lowest BCUT2D eigenvalue weighted by atomic mass is 9.90. The van der Waals surface area contributed by atoms with E-state index >= 15 is 0 Å². The lowest BCUT2D eigenvalue weighted by molar-refractivity contribution is -0.156. The molecule has 1 aliphatic heterocycles. The Balaban J connectivity index is 3.02. The van der Waals surface area contributed by atoms with Gasteiger partial charge in [0.2, 0.25) is 0 Å². The summed E-state index contributed by atoms with van der Waals surface area (Å²) in [7, 11) is 0. The molecule has 4 N–H and O–H groups in total. The number of hydrogen-bond acceptors (Lipinski definition) is 6. The number of esters is 1. The van der Waals surface area contributed by atoms with E-state index in [0.717, 1.165) is 18.4 Å².